The van der Waals surface area contributed by atoms with E-state index in [-0.39, 0.29) is 24.0 Å². The quantitative estimate of drug-likeness (QED) is 0.308. The Kier molecular flexibility index (Phi) is 7.51. The van der Waals surface area contributed by atoms with Gasteiger partial charge in [0.1, 0.15) is 0 Å². The Balaban J connectivity index is 0.00000225. The molecule has 0 saturated heterocycles. The van der Waals surface area contributed by atoms with Gasteiger partial charge in [0.2, 0.25) is 0 Å². The Bertz CT molecular complexity index is 267. The predicted octanol–water partition coefficient (Wildman–Crippen LogP) is 0.708. The van der Waals surface area contributed by atoms with Gasteiger partial charge in [-0.1, -0.05) is 18.8 Å². The number of hydrogen-bond donors (Lipinski definition) is 3. The first-order chi connectivity index (χ1) is 7.20. The van der Waals surface area contributed by atoms with Crippen LogP contribution in [0.1, 0.15) is 25.7 Å². The van der Waals surface area contributed by atoms with Crippen LogP contribution in [0.3, 0.4) is 0 Å². The monoisotopic (exact) mass is 337 g/mol. The molecule has 1 saturated carbocycles. The zero-order valence-corrected chi connectivity index (χ0v) is 12.0. The molecule has 0 heterocycles. The van der Waals surface area contributed by atoms with Gasteiger partial charge in [0.05, 0.1) is 12.1 Å². The van der Waals surface area contributed by atoms with Gasteiger partial charge in [-0.15, -0.1) is 30.4 Å². The first kappa shape index (κ1) is 15.5. The molecule has 92 valence electrons. The summed E-state index contributed by atoms with van der Waals surface area (Å²) in [6.45, 7) is 0.981. The van der Waals surface area contributed by atoms with E-state index < -0.39 is 5.60 Å². The first-order valence-electron chi connectivity index (χ1n) is 5.30. The zero-order valence-electron chi connectivity index (χ0n) is 9.62. The molecule has 1 aliphatic rings. The van der Waals surface area contributed by atoms with Gasteiger partial charge in [0, 0.05) is 13.6 Å². The van der Waals surface area contributed by atoms with Crippen LogP contribution in [0.5, 0.6) is 0 Å². The van der Waals surface area contributed by atoms with E-state index in [9.17, 15) is 5.11 Å². The molecule has 5 heteroatoms. The summed E-state index contributed by atoms with van der Waals surface area (Å²) in [6, 6.07) is 0. The van der Waals surface area contributed by atoms with Crippen molar-refractivity contribution in [1.82, 2.24) is 10.6 Å². The topological polar surface area (TPSA) is 56.7 Å². The van der Waals surface area contributed by atoms with E-state index in [0.717, 1.165) is 25.7 Å². The lowest BCUT2D eigenvalue weighted by atomic mass is 10.0. The molecule has 1 aliphatic carbocycles. The first-order valence-corrected chi connectivity index (χ1v) is 5.30. The van der Waals surface area contributed by atoms with Gasteiger partial charge in [-0.2, -0.15) is 0 Å². The number of aliphatic hydroxyl groups is 1. The van der Waals surface area contributed by atoms with Crippen LogP contribution >= 0.6 is 24.0 Å². The molecule has 0 aromatic carbocycles. The van der Waals surface area contributed by atoms with Crippen molar-refractivity contribution in [3.63, 3.8) is 0 Å². The van der Waals surface area contributed by atoms with Crippen molar-refractivity contribution in [1.29, 1.82) is 0 Å². The molecular formula is C11H20IN3O. The third-order valence-corrected chi connectivity index (χ3v) is 2.70. The summed E-state index contributed by atoms with van der Waals surface area (Å²) in [7, 11) is 1.69. The van der Waals surface area contributed by atoms with E-state index in [1.807, 2.05) is 0 Å². The predicted molar refractivity (Wildman–Crippen MR) is 77.0 cm³/mol. The van der Waals surface area contributed by atoms with Crippen molar-refractivity contribution in [2.24, 2.45) is 4.99 Å². The van der Waals surface area contributed by atoms with E-state index in [0.29, 0.717) is 19.0 Å². The number of nitrogens with one attached hydrogen (secondary N) is 2. The summed E-state index contributed by atoms with van der Waals surface area (Å²) in [4.78, 5) is 4.01. The molecule has 16 heavy (non-hydrogen) atoms. The van der Waals surface area contributed by atoms with Gasteiger partial charge in [0.25, 0.3) is 0 Å². The van der Waals surface area contributed by atoms with Crippen LogP contribution in [-0.2, 0) is 0 Å². The lowest BCUT2D eigenvalue weighted by Crippen LogP contribution is -2.46. The lowest BCUT2D eigenvalue weighted by Gasteiger charge is -2.23. The smallest absolute Gasteiger partial charge is 0.191 e. The maximum absolute atomic E-state index is 10.1. The Labute approximate surface area is 114 Å². The Morgan fingerprint density at radius 2 is 2.06 bits per heavy atom. The van der Waals surface area contributed by atoms with Gasteiger partial charge in [-0.05, 0) is 12.8 Å². The molecule has 1 rings (SSSR count). The lowest BCUT2D eigenvalue weighted by molar-refractivity contribution is 0.0522. The normalized spacial score (nSPS) is 18.4. The highest BCUT2D eigenvalue weighted by Gasteiger charge is 2.30. The molecule has 0 radical (unpaired) electrons. The molecule has 3 N–H and O–H groups in total. The standard InChI is InChI=1S/C11H19N3O.HI/c1-3-8-13-10(12-2)14-9-11(15)6-4-5-7-11;/h1,15H,4-9H2,2H3,(H2,12,13,14);1H. The van der Waals surface area contributed by atoms with Crippen LogP contribution in [0.2, 0.25) is 0 Å². The zero-order chi connectivity index (χ0) is 11.1. The number of rotatable bonds is 3. The molecule has 1 fully saturated rings. The Hall–Kier alpha value is -0.480. The molecule has 4 nitrogen and oxygen atoms in total. The summed E-state index contributed by atoms with van der Waals surface area (Å²) >= 11 is 0. The second-order valence-corrected chi connectivity index (χ2v) is 3.91. The van der Waals surface area contributed by atoms with Crippen LogP contribution < -0.4 is 10.6 Å². The molecule has 0 aliphatic heterocycles. The fraction of sp³-hybridized carbons (Fsp3) is 0.727. The van der Waals surface area contributed by atoms with Crippen LogP contribution in [0, 0.1) is 12.3 Å². The number of aliphatic imine (C=N–C) groups is 1. The maximum atomic E-state index is 10.1. The van der Waals surface area contributed by atoms with Crippen LogP contribution in [0.15, 0.2) is 4.99 Å². The highest BCUT2D eigenvalue weighted by Crippen LogP contribution is 2.28. The highest BCUT2D eigenvalue weighted by molar-refractivity contribution is 14.0. The fourth-order valence-electron chi connectivity index (χ4n) is 1.81. The molecule has 0 atom stereocenters. The molecular weight excluding hydrogens is 317 g/mol. The van der Waals surface area contributed by atoms with E-state index >= 15 is 0 Å². The second-order valence-electron chi connectivity index (χ2n) is 3.91. The molecule has 0 unspecified atom stereocenters. The summed E-state index contributed by atoms with van der Waals surface area (Å²) in [5, 5.41) is 16.1. The molecule has 0 aromatic rings. The van der Waals surface area contributed by atoms with E-state index in [1.54, 1.807) is 7.05 Å². The van der Waals surface area contributed by atoms with Crippen molar-refractivity contribution >= 4 is 29.9 Å². The third kappa shape index (κ3) is 5.03. The van der Waals surface area contributed by atoms with Crippen molar-refractivity contribution in [2.45, 2.75) is 31.3 Å². The van der Waals surface area contributed by atoms with Gasteiger partial charge in [-0.3, -0.25) is 4.99 Å². The highest BCUT2D eigenvalue weighted by atomic mass is 127. The van der Waals surface area contributed by atoms with Crippen LogP contribution in [0.25, 0.3) is 0 Å². The number of halogens is 1. The fourth-order valence-corrected chi connectivity index (χ4v) is 1.81. The largest absolute Gasteiger partial charge is 0.388 e. The maximum Gasteiger partial charge on any atom is 0.191 e. The molecule has 0 aromatic heterocycles. The van der Waals surface area contributed by atoms with E-state index in [4.69, 9.17) is 6.42 Å². The van der Waals surface area contributed by atoms with E-state index in [2.05, 4.69) is 21.5 Å². The molecule has 0 amide bonds. The van der Waals surface area contributed by atoms with Crippen molar-refractivity contribution in [2.75, 3.05) is 20.1 Å². The minimum Gasteiger partial charge on any atom is -0.388 e. The number of terminal acetylenes is 1. The van der Waals surface area contributed by atoms with Crippen molar-refractivity contribution in [3.05, 3.63) is 0 Å². The Morgan fingerprint density at radius 3 is 2.56 bits per heavy atom. The van der Waals surface area contributed by atoms with Crippen LogP contribution in [-0.4, -0.2) is 36.8 Å². The minimum atomic E-state index is -0.562. The van der Waals surface area contributed by atoms with E-state index in [1.165, 1.54) is 0 Å². The summed E-state index contributed by atoms with van der Waals surface area (Å²) in [6.07, 6.45) is 9.08. The SMILES string of the molecule is C#CCNC(=NC)NCC1(O)CCCC1.I. The summed E-state index contributed by atoms with van der Waals surface area (Å²) < 4.78 is 0. The molecule has 0 spiro atoms. The van der Waals surface area contributed by atoms with Crippen molar-refractivity contribution in [3.8, 4) is 12.3 Å². The number of nitrogens with zero attached hydrogens (tertiary/aromatic N) is 1. The van der Waals surface area contributed by atoms with Crippen LogP contribution in [0.4, 0.5) is 0 Å². The minimum absolute atomic E-state index is 0. The second kappa shape index (κ2) is 7.74. The average Bonchev–Trinajstić information content (AvgIpc) is 2.66. The summed E-state index contributed by atoms with van der Waals surface area (Å²) in [5.74, 6) is 3.12. The van der Waals surface area contributed by atoms with Crippen molar-refractivity contribution < 1.29 is 5.11 Å². The average molecular weight is 337 g/mol. The number of guanidine groups is 1. The van der Waals surface area contributed by atoms with Gasteiger partial charge < -0.3 is 15.7 Å². The van der Waals surface area contributed by atoms with Gasteiger partial charge in [0.15, 0.2) is 5.96 Å². The van der Waals surface area contributed by atoms with Gasteiger partial charge >= 0.3 is 0 Å². The molecule has 0 bridgehead atoms. The third-order valence-electron chi connectivity index (χ3n) is 2.70. The summed E-state index contributed by atoms with van der Waals surface area (Å²) in [5.41, 5.74) is -0.562. The number of hydrogen-bond acceptors (Lipinski definition) is 2. The van der Waals surface area contributed by atoms with Gasteiger partial charge in [-0.25, -0.2) is 0 Å². The Morgan fingerprint density at radius 1 is 1.44 bits per heavy atom.